The molecule has 146 valence electrons. The number of phenols is 2. The highest BCUT2D eigenvalue weighted by atomic mass is 35.5. The summed E-state index contributed by atoms with van der Waals surface area (Å²) in [7, 11) is 0. The van der Waals surface area contributed by atoms with Crippen molar-refractivity contribution in [1.29, 1.82) is 0 Å². The molecule has 6 nitrogen and oxygen atoms in total. The molecule has 1 aromatic heterocycles. The maximum absolute atomic E-state index is 13.2. The lowest BCUT2D eigenvalue weighted by molar-refractivity contribution is 0.453. The van der Waals surface area contributed by atoms with E-state index in [9.17, 15) is 19.4 Å². The molecule has 0 spiro atoms. The molecule has 0 aliphatic rings. The third-order valence-electron chi connectivity index (χ3n) is 4.23. The van der Waals surface area contributed by atoms with Gasteiger partial charge in [-0.25, -0.2) is 4.39 Å². The Morgan fingerprint density at radius 2 is 1.79 bits per heavy atom. The Morgan fingerprint density at radius 3 is 2.55 bits per heavy atom. The fourth-order valence-corrected chi connectivity index (χ4v) is 3.33. The second-order valence-electron chi connectivity index (χ2n) is 6.06. The van der Waals surface area contributed by atoms with E-state index in [-0.39, 0.29) is 27.0 Å². The normalized spacial score (nSPS) is 11.6. The molecule has 0 aliphatic heterocycles. The molecule has 4 aromatic rings. The molecular formula is C20H11Cl2FN2O4. The smallest absolute Gasteiger partial charge is 0.204 e. The van der Waals surface area contributed by atoms with Gasteiger partial charge in [0.15, 0.2) is 17.1 Å². The molecular weight excluding hydrogens is 422 g/mol. The van der Waals surface area contributed by atoms with Crippen LogP contribution in [0, 0.1) is 5.82 Å². The van der Waals surface area contributed by atoms with Gasteiger partial charge in [0.05, 0.1) is 17.3 Å². The topological polar surface area (TPSA) is 95.1 Å². The summed E-state index contributed by atoms with van der Waals surface area (Å²) >= 11 is 11.9. The van der Waals surface area contributed by atoms with Crippen LogP contribution in [0.2, 0.25) is 10.0 Å². The molecule has 3 aromatic carbocycles. The zero-order valence-electron chi connectivity index (χ0n) is 14.4. The van der Waals surface area contributed by atoms with Gasteiger partial charge in [0.2, 0.25) is 5.43 Å². The number of nitrogens with one attached hydrogen (secondary N) is 1. The summed E-state index contributed by atoms with van der Waals surface area (Å²) in [5, 5.41) is 23.3. The van der Waals surface area contributed by atoms with Crippen molar-refractivity contribution in [2.75, 3.05) is 5.43 Å². The van der Waals surface area contributed by atoms with Crippen LogP contribution in [0.1, 0.15) is 5.56 Å². The number of phenolic OH excluding ortho intramolecular Hbond substituents is 2. The van der Waals surface area contributed by atoms with Crippen molar-refractivity contribution in [2.24, 2.45) is 5.10 Å². The van der Waals surface area contributed by atoms with Crippen LogP contribution in [-0.4, -0.2) is 16.4 Å². The summed E-state index contributed by atoms with van der Waals surface area (Å²) in [4.78, 5) is 12.9. The van der Waals surface area contributed by atoms with E-state index in [2.05, 4.69) is 10.5 Å². The molecule has 0 amide bonds. The Hall–Kier alpha value is -3.29. The Morgan fingerprint density at radius 1 is 1.03 bits per heavy atom. The third kappa shape index (κ3) is 3.24. The largest absolute Gasteiger partial charge is 0.505 e. The van der Waals surface area contributed by atoms with E-state index >= 15 is 0 Å². The first-order valence-corrected chi connectivity index (χ1v) is 8.97. The molecule has 0 bridgehead atoms. The molecule has 0 atom stereocenters. The minimum Gasteiger partial charge on any atom is -0.505 e. The second kappa shape index (κ2) is 7.27. The van der Waals surface area contributed by atoms with Crippen molar-refractivity contribution in [3.63, 3.8) is 0 Å². The van der Waals surface area contributed by atoms with Gasteiger partial charge in [-0.05, 0) is 30.3 Å². The molecule has 0 saturated carbocycles. The van der Waals surface area contributed by atoms with Gasteiger partial charge in [-0.3, -0.25) is 10.2 Å². The first-order chi connectivity index (χ1) is 13.9. The number of hydrogen-bond donors (Lipinski definition) is 3. The average Bonchev–Trinajstić information content (AvgIpc) is 2.71. The van der Waals surface area contributed by atoms with E-state index in [0.717, 1.165) is 0 Å². The number of anilines is 1. The van der Waals surface area contributed by atoms with Crippen LogP contribution in [0.3, 0.4) is 0 Å². The van der Waals surface area contributed by atoms with Gasteiger partial charge in [0, 0.05) is 5.56 Å². The van der Waals surface area contributed by atoms with Crippen LogP contribution in [0.25, 0.3) is 21.9 Å². The molecule has 0 unspecified atom stereocenters. The summed E-state index contributed by atoms with van der Waals surface area (Å²) in [5.74, 6) is -1.63. The molecule has 29 heavy (non-hydrogen) atoms. The van der Waals surface area contributed by atoms with Crippen molar-refractivity contribution in [2.45, 2.75) is 0 Å². The van der Waals surface area contributed by atoms with Crippen molar-refractivity contribution >= 4 is 57.0 Å². The second-order valence-corrected chi connectivity index (χ2v) is 6.82. The minimum atomic E-state index is -0.619. The standard InChI is InChI=1S/C20H11Cl2FN2O4/c21-14-17(27)13-16(26)12-6-1-3-9(19(12)29-20(13)15(22)18(14)28)8-24-25-11-5-2-4-10(23)7-11/h1-8,25,27-28H/b24-8-. The summed E-state index contributed by atoms with van der Waals surface area (Å²) in [6.45, 7) is 0. The summed E-state index contributed by atoms with van der Waals surface area (Å²) in [6.07, 6.45) is 1.38. The van der Waals surface area contributed by atoms with Crippen LogP contribution in [0.4, 0.5) is 10.1 Å². The highest BCUT2D eigenvalue weighted by Gasteiger charge is 2.22. The zero-order valence-corrected chi connectivity index (χ0v) is 15.9. The van der Waals surface area contributed by atoms with Gasteiger partial charge < -0.3 is 14.6 Å². The predicted molar refractivity (Wildman–Crippen MR) is 111 cm³/mol. The van der Waals surface area contributed by atoms with Crippen LogP contribution in [0.15, 0.2) is 56.8 Å². The van der Waals surface area contributed by atoms with Crippen LogP contribution in [0.5, 0.6) is 11.5 Å². The maximum atomic E-state index is 13.2. The Labute approximate surface area is 172 Å². The Balaban J connectivity index is 1.88. The number of rotatable bonds is 3. The molecule has 0 radical (unpaired) electrons. The summed E-state index contributed by atoms with van der Waals surface area (Å²) in [5.41, 5.74) is 2.88. The van der Waals surface area contributed by atoms with Crippen molar-refractivity contribution in [1.82, 2.24) is 0 Å². The number of fused-ring (bicyclic) bond motifs is 2. The predicted octanol–water partition coefficient (Wildman–Crippen LogP) is 5.25. The molecule has 0 fully saturated rings. The molecule has 9 heteroatoms. The highest BCUT2D eigenvalue weighted by molar-refractivity contribution is 6.42. The van der Waals surface area contributed by atoms with E-state index in [1.54, 1.807) is 18.2 Å². The van der Waals surface area contributed by atoms with Crippen LogP contribution >= 0.6 is 23.2 Å². The monoisotopic (exact) mass is 432 g/mol. The molecule has 1 heterocycles. The number of halogens is 3. The quantitative estimate of drug-likeness (QED) is 0.233. The average molecular weight is 433 g/mol. The number of aromatic hydroxyl groups is 2. The van der Waals surface area contributed by atoms with E-state index < -0.39 is 27.8 Å². The van der Waals surface area contributed by atoms with E-state index in [0.29, 0.717) is 11.3 Å². The van der Waals surface area contributed by atoms with Gasteiger partial charge in [-0.1, -0.05) is 35.3 Å². The Kier molecular flexibility index (Phi) is 4.77. The fraction of sp³-hybridized carbons (Fsp3) is 0. The number of hydrogen-bond acceptors (Lipinski definition) is 6. The van der Waals surface area contributed by atoms with E-state index in [1.807, 2.05) is 0 Å². The molecule has 4 rings (SSSR count). The minimum absolute atomic E-state index is 0.137. The van der Waals surface area contributed by atoms with Gasteiger partial charge in [-0.15, -0.1) is 0 Å². The lowest BCUT2D eigenvalue weighted by Gasteiger charge is -2.09. The highest BCUT2D eigenvalue weighted by Crippen LogP contribution is 2.45. The lowest BCUT2D eigenvalue weighted by atomic mass is 10.1. The third-order valence-corrected chi connectivity index (χ3v) is 4.94. The molecule has 0 saturated heterocycles. The number of para-hydroxylation sites is 1. The van der Waals surface area contributed by atoms with Crippen molar-refractivity contribution in [3.05, 3.63) is 74.1 Å². The molecule has 0 aliphatic carbocycles. The Bertz CT molecular complexity index is 1370. The first kappa shape index (κ1) is 19.0. The first-order valence-electron chi connectivity index (χ1n) is 8.21. The fourth-order valence-electron chi connectivity index (χ4n) is 2.87. The maximum Gasteiger partial charge on any atom is 0.204 e. The summed E-state index contributed by atoms with van der Waals surface area (Å²) < 4.78 is 19.0. The number of nitrogens with zero attached hydrogens (tertiary/aromatic N) is 1. The van der Waals surface area contributed by atoms with Gasteiger partial charge >= 0.3 is 0 Å². The van der Waals surface area contributed by atoms with Crippen molar-refractivity contribution < 1.29 is 19.0 Å². The summed E-state index contributed by atoms with van der Waals surface area (Å²) in [6, 6.07) is 10.5. The number of benzene rings is 3. The van der Waals surface area contributed by atoms with Gasteiger partial charge in [0.25, 0.3) is 0 Å². The van der Waals surface area contributed by atoms with Crippen LogP contribution < -0.4 is 10.9 Å². The molecule has 3 N–H and O–H groups in total. The van der Waals surface area contributed by atoms with Gasteiger partial charge in [0.1, 0.15) is 26.8 Å². The van der Waals surface area contributed by atoms with E-state index in [4.69, 9.17) is 27.6 Å². The van der Waals surface area contributed by atoms with E-state index in [1.165, 1.54) is 30.5 Å². The lowest BCUT2D eigenvalue weighted by Crippen LogP contribution is -2.04. The SMILES string of the molecule is O=c1c2cccc(/C=N\Nc3cccc(F)c3)c2oc2c(Cl)c(O)c(Cl)c(O)c12. The van der Waals surface area contributed by atoms with Crippen LogP contribution in [-0.2, 0) is 0 Å². The zero-order chi connectivity index (χ0) is 20.7. The van der Waals surface area contributed by atoms with Crippen molar-refractivity contribution in [3.8, 4) is 11.5 Å². The van der Waals surface area contributed by atoms with Gasteiger partial charge in [-0.2, -0.15) is 5.10 Å². The number of hydrazone groups is 1.